The lowest BCUT2D eigenvalue weighted by Gasteiger charge is -2.20. The molecule has 24 heavy (non-hydrogen) atoms. The van der Waals surface area contributed by atoms with Gasteiger partial charge in [-0.2, -0.15) is 0 Å². The van der Waals surface area contributed by atoms with Gasteiger partial charge in [0.25, 0.3) is 5.91 Å². The third-order valence-corrected chi connectivity index (χ3v) is 4.62. The van der Waals surface area contributed by atoms with Crippen LogP contribution in [0.3, 0.4) is 0 Å². The van der Waals surface area contributed by atoms with E-state index in [0.717, 1.165) is 30.8 Å². The van der Waals surface area contributed by atoms with Gasteiger partial charge in [-0.05, 0) is 61.3 Å². The summed E-state index contributed by atoms with van der Waals surface area (Å²) in [7, 11) is 0. The van der Waals surface area contributed by atoms with E-state index in [1.54, 1.807) is 0 Å². The van der Waals surface area contributed by atoms with Gasteiger partial charge < -0.3 is 5.32 Å². The highest BCUT2D eigenvalue weighted by Crippen LogP contribution is 2.13. The first-order valence-corrected chi connectivity index (χ1v) is 8.69. The van der Waals surface area contributed by atoms with Gasteiger partial charge in [-0.15, -0.1) is 0 Å². The molecule has 1 amide bonds. The van der Waals surface area contributed by atoms with Crippen LogP contribution in [-0.4, -0.2) is 23.9 Å². The Morgan fingerprint density at radius 3 is 2.25 bits per heavy atom. The maximum Gasteiger partial charge on any atom is 0.251 e. The molecule has 2 rings (SSSR count). The second-order valence-electron chi connectivity index (χ2n) is 6.21. The fraction of sp³-hybridized carbons (Fsp3) is 0.381. The van der Waals surface area contributed by atoms with Gasteiger partial charge in [0, 0.05) is 18.7 Å². The zero-order valence-electron chi connectivity index (χ0n) is 15.2. The number of carbonyl (C=O) groups excluding carboxylic acids is 1. The Morgan fingerprint density at radius 1 is 0.958 bits per heavy atom. The van der Waals surface area contributed by atoms with Crippen molar-refractivity contribution in [1.82, 2.24) is 10.2 Å². The Kier molecular flexibility index (Phi) is 6.56. The first-order valence-electron chi connectivity index (χ1n) is 8.69. The van der Waals surface area contributed by atoms with Crippen molar-refractivity contribution < 1.29 is 4.79 Å². The summed E-state index contributed by atoms with van der Waals surface area (Å²) >= 11 is 0. The average molecular weight is 324 g/mol. The van der Waals surface area contributed by atoms with E-state index in [9.17, 15) is 4.79 Å². The first-order chi connectivity index (χ1) is 11.5. The minimum atomic E-state index is -0.0178. The van der Waals surface area contributed by atoms with Crippen LogP contribution in [0.5, 0.6) is 0 Å². The van der Waals surface area contributed by atoms with Gasteiger partial charge in [-0.25, -0.2) is 0 Å². The molecule has 0 aliphatic carbocycles. The minimum absolute atomic E-state index is 0.0178. The summed E-state index contributed by atoms with van der Waals surface area (Å²) in [4.78, 5) is 14.8. The molecular formula is C21H28N2O. The predicted molar refractivity (Wildman–Crippen MR) is 100 cm³/mol. The molecule has 0 unspecified atom stereocenters. The standard InChI is InChI=1S/C21H28N2O/c1-5-23(6-2)15-20-10-8-7-9-19(20)14-22-21(24)18-12-11-16(3)17(4)13-18/h7-13H,5-6,14-15H2,1-4H3,(H,22,24). The highest BCUT2D eigenvalue weighted by molar-refractivity contribution is 5.94. The number of nitrogens with one attached hydrogen (secondary N) is 1. The molecule has 0 aliphatic rings. The van der Waals surface area contributed by atoms with E-state index < -0.39 is 0 Å². The zero-order valence-corrected chi connectivity index (χ0v) is 15.2. The van der Waals surface area contributed by atoms with Crippen molar-refractivity contribution in [2.45, 2.75) is 40.8 Å². The van der Waals surface area contributed by atoms with Gasteiger partial charge in [-0.1, -0.05) is 44.2 Å². The quantitative estimate of drug-likeness (QED) is 0.832. The molecule has 0 atom stereocenters. The summed E-state index contributed by atoms with van der Waals surface area (Å²) in [5, 5.41) is 3.05. The molecule has 0 radical (unpaired) electrons. The van der Waals surface area contributed by atoms with Gasteiger partial charge in [0.1, 0.15) is 0 Å². The molecule has 0 fully saturated rings. The van der Waals surface area contributed by atoms with E-state index in [2.05, 4.69) is 49.2 Å². The molecule has 128 valence electrons. The van der Waals surface area contributed by atoms with Crippen LogP contribution in [0.2, 0.25) is 0 Å². The number of benzene rings is 2. The Balaban J connectivity index is 2.06. The summed E-state index contributed by atoms with van der Waals surface area (Å²) in [5.74, 6) is -0.0178. The lowest BCUT2D eigenvalue weighted by molar-refractivity contribution is 0.0950. The SMILES string of the molecule is CCN(CC)Cc1ccccc1CNC(=O)c1ccc(C)c(C)c1. The largest absolute Gasteiger partial charge is 0.348 e. The van der Waals surface area contributed by atoms with Gasteiger partial charge in [0.15, 0.2) is 0 Å². The third kappa shape index (κ3) is 4.68. The molecule has 3 nitrogen and oxygen atoms in total. The van der Waals surface area contributed by atoms with Crippen LogP contribution in [0, 0.1) is 13.8 Å². The van der Waals surface area contributed by atoms with Gasteiger partial charge in [0.2, 0.25) is 0 Å². The van der Waals surface area contributed by atoms with Crippen LogP contribution in [0.4, 0.5) is 0 Å². The summed E-state index contributed by atoms with van der Waals surface area (Å²) in [6.07, 6.45) is 0. The number of hydrogen-bond acceptors (Lipinski definition) is 2. The molecule has 0 heterocycles. The van der Waals surface area contributed by atoms with Gasteiger partial charge in [0.05, 0.1) is 0 Å². The van der Waals surface area contributed by atoms with Crippen LogP contribution >= 0.6 is 0 Å². The monoisotopic (exact) mass is 324 g/mol. The fourth-order valence-electron chi connectivity index (χ4n) is 2.73. The molecule has 2 aromatic carbocycles. The molecule has 0 saturated heterocycles. The molecule has 0 spiro atoms. The van der Waals surface area contributed by atoms with Crippen LogP contribution in [0.1, 0.15) is 46.5 Å². The molecule has 0 aliphatic heterocycles. The predicted octanol–water partition coefficient (Wildman–Crippen LogP) is 4.08. The molecule has 3 heteroatoms. The number of nitrogens with zero attached hydrogens (tertiary/aromatic N) is 1. The van der Waals surface area contributed by atoms with Crippen molar-refractivity contribution in [3.63, 3.8) is 0 Å². The van der Waals surface area contributed by atoms with Crippen molar-refractivity contribution in [2.75, 3.05) is 13.1 Å². The summed E-state index contributed by atoms with van der Waals surface area (Å²) in [5.41, 5.74) is 5.53. The summed E-state index contributed by atoms with van der Waals surface area (Å²) in [6.45, 7) is 12.0. The lowest BCUT2D eigenvalue weighted by atomic mass is 10.0. The van der Waals surface area contributed by atoms with E-state index >= 15 is 0 Å². The zero-order chi connectivity index (χ0) is 17.5. The molecule has 0 aromatic heterocycles. The second kappa shape index (κ2) is 8.65. The highest BCUT2D eigenvalue weighted by atomic mass is 16.1. The number of amides is 1. The van der Waals surface area contributed by atoms with Crippen molar-refractivity contribution in [3.8, 4) is 0 Å². The molecule has 1 N–H and O–H groups in total. The fourth-order valence-corrected chi connectivity index (χ4v) is 2.73. The van der Waals surface area contributed by atoms with E-state index in [1.807, 2.05) is 31.2 Å². The first kappa shape index (κ1) is 18.2. The Morgan fingerprint density at radius 2 is 1.62 bits per heavy atom. The molecule has 0 saturated carbocycles. The summed E-state index contributed by atoms with van der Waals surface area (Å²) < 4.78 is 0. The van der Waals surface area contributed by atoms with E-state index in [-0.39, 0.29) is 5.91 Å². The topological polar surface area (TPSA) is 32.3 Å². The lowest BCUT2D eigenvalue weighted by Crippen LogP contribution is -2.26. The molecule has 0 bridgehead atoms. The Bertz CT molecular complexity index is 690. The number of carbonyl (C=O) groups is 1. The van der Waals surface area contributed by atoms with Crippen LogP contribution < -0.4 is 5.32 Å². The normalized spacial score (nSPS) is 10.9. The van der Waals surface area contributed by atoms with E-state index in [4.69, 9.17) is 0 Å². The van der Waals surface area contributed by atoms with Gasteiger partial charge >= 0.3 is 0 Å². The number of aryl methyl sites for hydroxylation is 2. The number of rotatable bonds is 7. The van der Waals surface area contributed by atoms with E-state index in [1.165, 1.54) is 16.7 Å². The van der Waals surface area contributed by atoms with Crippen LogP contribution in [0.25, 0.3) is 0 Å². The van der Waals surface area contributed by atoms with Crippen LogP contribution in [-0.2, 0) is 13.1 Å². The smallest absolute Gasteiger partial charge is 0.251 e. The second-order valence-corrected chi connectivity index (χ2v) is 6.21. The average Bonchev–Trinajstić information content (AvgIpc) is 2.60. The van der Waals surface area contributed by atoms with Crippen molar-refractivity contribution in [1.29, 1.82) is 0 Å². The summed E-state index contributed by atoms with van der Waals surface area (Å²) in [6, 6.07) is 14.2. The molecule has 2 aromatic rings. The Hall–Kier alpha value is -2.13. The molecular weight excluding hydrogens is 296 g/mol. The minimum Gasteiger partial charge on any atom is -0.348 e. The highest BCUT2D eigenvalue weighted by Gasteiger charge is 2.09. The van der Waals surface area contributed by atoms with Crippen molar-refractivity contribution >= 4 is 5.91 Å². The van der Waals surface area contributed by atoms with Crippen molar-refractivity contribution in [2.24, 2.45) is 0 Å². The Labute approximate surface area is 145 Å². The van der Waals surface area contributed by atoms with Crippen LogP contribution in [0.15, 0.2) is 42.5 Å². The maximum atomic E-state index is 12.4. The van der Waals surface area contributed by atoms with E-state index in [0.29, 0.717) is 6.54 Å². The number of hydrogen-bond donors (Lipinski definition) is 1. The third-order valence-electron chi connectivity index (χ3n) is 4.62. The maximum absolute atomic E-state index is 12.4. The van der Waals surface area contributed by atoms with Gasteiger partial charge in [-0.3, -0.25) is 9.69 Å². The van der Waals surface area contributed by atoms with Crippen molar-refractivity contribution in [3.05, 3.63) is 70.3 Å².